The Balaban J connectivity index is 1.36. The standard InChI is InChI=1S/C23H29FN4O2S/c1-17-21(9-15-30-20-6-4-18(24)5-7-20)31-22(26-17)23(29)10-3-13-28(14-11-23)16-19-8-12-25-27(19)2/h4-8,12,29H,3,9-11,13-16H2,1-2H3/t23-/m1/s1. The second-order valence-electron chi connectivity index (χ2n) is 8.19. The van der Waals surface area contributed by atoms with Crippen LogP contribution >= 0.6 is 11.3 Å². The molecule has 1 aliphatic heterocycles. The predicted molar refractivity (Wildman–Crippen MR) is 119 cm³/mol. The van der Waals surface area contributed by atoms with Gasteiger partial charge in [0.1, 0.15) is 22.2 Å². The summed E-state index contributed by atoms with van der Waals surface area (Å²) in [5.74, 6) is 0.380. The number of thiazole rings is 1. The maximum absolute atomic E-state index is 13.0. The normalized spacial score (nSPS) is 20.0. The third kappa shape index (κ3) is 5.31. The Labute approximate surface area is 186 Å². The highest BCUT2D eigenvalue weighted by Gasteiger charge is 2.35. The molecule has 0 bridgehead atoms. The number of benzene rings is 1. The number of halogens is 1. The van der Waals surface area contributed by atoms with Crippen molar-refractivity contribution in [2.24, 2.45) is 7.05 Å². The maximum atomic E-state index is 13.0. The van der Waals surface area contributed by atoms with Crippen molar-refractivity contribution in [2.45, 2.75) is 44.8 Å². The van der Waals surface area contributed by atoms with E-state index < -0.39 is 5.60 Å². The molecular weight excluding hydrogens is 415 g/mol. The molecule has 1 atom stereocenters. The third-order valence-electron chi connectivity index (χ3n) is 5.92. The first kappa shape index (κ1) is 21.9. The number of likely N-dealkylation sites (tertiary alicyclic amines) is 1. The summed E-state index contributed by atoms with van der Waals surface area (Å²) >= 11 is 1.59. The number of hydrogen-bond acceptors (Lipinski definition) is 6. The molecule has 2 aromatic heterocycles. The molecule has 0 radical (unpaired) electrons. The van der Waals surface area contributed by atoms with Gasteiger partial charge < -0.3 is 9.84 Å². The first-order chi connectivity index (χ1) is 14.9. The fraction of sp³-hybridized carbons (Fsp3) is 0.478. The van der Waals surface area contributed by atoms with E-state index in [4.69, 9.17) is 9.72 Å². The van der Waals surface area contributed by atoms with Crippen LogP contribution in [-0.2, 0) is 25.6 Å². The van der Waals surface area contributed by atoms with Gasteiger partial charge in [0.15, 0.2) is 0 Å². The lowest BCUT2D eigenvalue weighted by atomic mass is 9.96. The summed E-state index contributed by atoms with van der Waals surface area (Å²) in [5, 5.41) is 16.5. The highest BCUT2D eigenvalue weighted by molar-refractivity contribution is 7.11. The van der Waals surface area contributed by atoms with Crippen LogP contribution in [0.3, 0.4) is 0 Å². The lowest BCUT2D eigenvalue weighted by Gasteiger charge is -2.24. The van der Waals surface area contributed by atoms with Gasteiger partial charge in [-0.2, -0.15) is 5.10 Å². The first-order valence-corrected chi connectivity index (χ1v) is 11.5. The average molecular weight is 445 g/mol. The van der Waals surface area contributed by atoms with E-state index in [0.717, 1.165) is 41.6 Å². The van der Waals surface area contributed by atoms with Crippen LogP contribution in [0.4, 0.5) is 4.39 Å². The Morgan fingerprint density at radius 1 is 1.19 bits per heavy atom. The summed E-state index contributed by atoms with van der Waals surface area (Å²) in [6.45, 7) is 5.10. The van der Waals surface area contributed by atoms with Crippen LogP contribution in [0, 0.1) is 12.7 Å². The monoisotopic (exact) mass is 444 g/mol. The van der Waals surface area contributed by atoms with Gasteiger partial charge in [0.25, 0.3) is 0 Å². The van der Waals surface area contributed by atoms with E-state index in [1.165, 1.54) is 17.8 Å². The van der Waals surface area contributed by atoms with Crippen molar-refractivity contribution >= 4 is 11.3 Å². The molecule has 8 heteroatoms. The molecule has 1 aromatic carbocycles. The molecule has 0 aliphatic carbocycles. The van der Waals surface area contributed by atoms with Gasteiger partial charge in [-0.1, -0.05) is 0 Å². The lowest BCUT2D eigenvalue weighted by Crippen LogP contribution is -2.29. The molecule has 0 saturated carbocycles. The first-order valence-electron chi connectivity index (χ1n) is 10.7. The topological polar surface area (TPSA) is 63.4 Å². The summed E-state index contributed by atoms with van der Waals surface area (Å²) in [6.07, 6.45) is 4.85. The van der Waals surface area contributed by atoms with Crippen molar-refractivity contribution in [1.29, 1.82) is 0 Å². The summed E-state index contributed by atoms with van der Waals surface area (Å²) in [7, 11) is 1.96. The molecular formula is C23H29FN4O2S. The molecule has 0 spiro atoms. The van der Waals surface area contributed by atoms with Crippen molar-refractivity contribution in [3.05, 3.63) is 63.6 Å². The minimum Gasteiger partial charge on any atom is -0.493 e. The Morgan fingerprint density at radius 2 is 2.00 bits per heavy atom. The molecule has 3 heterocycles. The van der Waals surface area contributed by atoms with Crippen LogP contribution in [0.5, 0.6) is 5.75 Å². The Morgan fingerprint density at radius 3 is 2.74 bits per heavy atom. The molecule has 1 saturated heterocycles. The number of rotatable bonds is 7. The van der Waals surface area contributed by atoms with Crippen LogP contribution < -0.4 is 4.74 Å². The minimum absolute atomic E-state index is 0.272. The van der Waals surface area contributed by atoms with Crippen molar-refractivity contribution in [3.8, 4) is 5.75 Å². The van der Waals surface area contributed by atoms with Crippen molar-refractivity contribution in [1.82, 2.24) is 19.7 Å². The van der Waals surface area contributed by atoms with E-state index >= 15 is 0 Å². The molecule has 0 unspecified atom stereocenters. The SMILES string of the molecule is Cc1nc([C@@]2(O)CCCN(Cc3ccnn3C)CC2)sc1CCOc1ccc(F)cc1. The van der Waals surface area contributed by atoms with Gasteiger partial charge in [-0.05, 0) is 63.1 Å². The number of aromatic nitrogens is 3. The predicted octanol–water partition coefficient (Wildman–Crippen LogP) is 3.82. The summed E-state index contributed by atoms with van der Waals surface area (Å²) in [4.78, 5) is 8.24. The van der Waals surface area contributed by atoms with Crippen molar-refractivity contribution < 1.29 is 14.2 Å². The Kier molecular flexibility index (Phi) is 6.69. The number of aryl methyl sites for hydroxylation is 2. The minimum atomic E-state index is -0.882. The zero-order valence-electron chi connectivity index (χ0n) is 18.1. The maximum Gasteiger partial charge on any atom is 0.125 e. The third-order valence-corrected chi connectivity index (χ3v) is 7.33. The molecule has 4 rings (SSSR count). The molecule has 1 N–H and O–H groups in total. The van der Waals surface area contributed by atoms with Crippen molar-refractivity contribution in [3.63, 3.8) is 0 Å². The van der Waals surface area contributed by atoms with E-state index in [9.17, 15) is 9.50 Å². The molecule has 166 valence electrons. The number of aliphatic hydroxyl groups is 1. The van der Waals surface area contributed by atoms with Gasteiger partial charge in [-0.3, -0.25) is 9.58 Å². The Bertz CT molecular complexity index is 1000. The van der Waals surface area contributed by atoms with E-state index in [1.807, 2.05) is 30.9 Å². The lowest BCUT2D eigenvalue weighted by molar-refractivity contribution is 0.0206. The highest BCUT2D eigenvalue weighted by Crippen LogP contribution is 2.37. The second kappa shape index (κ2) is 9.46. The zero-order valence-corrected chi connectivity index (χ0v) is 18.9. The van der Waals surface area contributed by atoms with Gasteiger partial charge in [-0.15, -0.1) is 11.3 Å². The fourth-order valence-electron chi connectivity index (χ4n) is 3.98. The molecule has 0 amide bonds. The van der Waals surface area contributed by atoms with Crippen LogP contribution in [-0.4, -0.2) is 44.5 Å². The summed E-state index contributed by atoms with van der Waals surface area (Å²) in [6, 6.07) is 8.09. The van der Waals surface area contributed by atoms with Gasteiger partial charge >= 0.3 is 0 Å². The van der Waals surface area contributed by atoms with Gasteiger partial charge in [0.2, 0.25) is 0 Å². The van der Waals surface area contributed by atoms with E-state index in [0.29, 0.717) is 31.6 Å². The number of ether oxygens (including phenoxy) is 1. The second-order valence-corrected chi connectivity index (χ2v) is 9.27. The van der Waals surface area contributed by atoms with Crippen LogP contribution in [0.25, 0.3) is 0 Å². The number of nitrogens with zero attached hydrogens (tertiary/aromatic N) is 4. The van der Waals surface area contributed by atoms with Crippen LogP contribution in [0.15, 0.2) is 36.5 Å². The average Bonchev–Trinajstić information content (AvgIpc) is 3.27. The molecule has 1 fully saturated rings. The van der Waals surface area contributed by atoms with Gasteiger partial charge in [-0.25, -0.2) is 9.37 Å². The molecule has 3 aromatic rings. The van der Waals surface area contributed by atoms with E-state index in [2.05, 4.69) is 10.00 Å². The smallest absolute Gasteiger partial charge is 0.125 e. The number of hydrogen-bond donors (Lipinski definition) is 1. The summed E-state index contributed by atoms with van der Waals surface area (Å²) in [5.41, 5.74) is 1.25. The van der Waals surface area contributed by atoms with E-state index in [1.54, 1.807) is 23.5 Å². The fourth-order valence-corrected chi connectivity index (χ4v) is 5.17. The summed E-state index contributed by atoms with van der Waals surface area (Å²) < 4.78 is 20.6. The molecule has 1 aliphatic rings. The van der Waals surface area contributed by atoms with Crippen LogP contribution in [0.1, 0.15) is 40.5 Å². The Hall–Kier alpha value is -2.29. The van der Waals surface area contributed by atoms with Gasteiger partial charge in [0.05, 0.1) is 18.0 Å². The van der Waals surface area contributed by atoms with Crippen LogP contribution in [0.2, 0.25) is 0 Å². The van der Waals surface area contributed by atoms with E-state index in [-0.39, 0.29) is 5.82 Å². The quantitative estimate of drug-likeness (QED) is 0.600. The molecule has 6 nitrogen and oxygen atoms in total. The largest absolute Gasteiger partial charge is 0.493 e. The highest BCUT2D eigenvalue weighted by atomic mass is 32.1. The van der Waals surface area contributed by atoms with Gasteiger partial charge in [0, 0.05) is 37.6 Å². The molecule has 31 heavy (non-hydrogen) atoms. The van der Waals surface area contributed by atoms with Crippen molar-refractivity contribution in [2.75, 3.05) is 19.7 Å². The zero-order chi connectivity index (χ0) is 21.8.